The summed E-state index contributed by atoms with van der Waals surface area (Å²) < 4.78 is 29.8. The third kappa shape index (κ3) is 3.96. The highest BCUT2D eigenvalue weighted by Crippen LogP contribution is 2.38. The number of benzene rings is 2. The molecular weight excluding hydrogens is 422 g/mol. The van der Waals surface area contributed by atoms with Gasteiger partial charge in [-0.2, -0.15) is 8.42 Å². The Morgan fingerprint density at radius 2 is 1.93 bits per heavy atom. The van der Waals surface area contributed by atoms with Crippen LogP contribution in [0.1, 0.15) is 48.5 Å². The molecule has 0 atom stereocenters. The average Bonchev–Trinajstić information content (AvgIpc) is 2.97. The zero-order valence-electron chi connectivity index (χ0n) is 16.8. The van der Waals surface area contributed by atoms with Crippen LogP contribution in [0.5, 0.6) is 0 Å². The van der Waals surface area contributed by atoms with Crippen LogP contribution >= 0.6 is 11.6 Å². The number of halogens is 1. The van der Waals surface area contributed by atoms with Gasteiger partial charge in [-0.25, -0.2) is 0 Å². The van der Waals surface area contributed by atoms with E-state index in [1.807, 2.05) is 42.2 Å². The van der Waals surface area contributed by atoms with Crippen molar-refractivity contribution in [1.29, 1.82) is 0 Å². The summed E-state index contributed by atoms with van der Waals surface area (Å²) in [6, 6.07) is 12.7. The fraction of sp³-hybridized carbons (Fsp3) is 0.364. The van der Waals surface area contributed by atoms with E-state index < -0.39 is 10.0 Å². The first-order valence-corrected chi connectivity index (χ1v) is 12.0. The van der Waals surface area contributed by atoms with E-state index in [2.05, 4.69) is 4.40 Å². The summed E-state index contributed by atoms with van der Waals surface area (Å²) in [5.74, 6) is 0.268. The van der Waals surface area contributed by atoms with Crippen molar-refractivity contribution in [3.05, 3.63) is 58.6 Å². The Labute approximate surface area is 182 Å². The fourth-order valence-corrected chi connectivity index (χ4v) is 5.47. The highest BCUT2D eigenvalue weighted by molar-refractivity contribution is 7.90. The highest BCUT2D eigenvalue weighted by atomic mass is 35.5. The molecule has 158 valence electrons. The number of amides is 1. The van der Waals surface area contributed by atoms with E-state index in [1.165, 1.54) is 6.07 Å². The predicted octanol–water partition coefficient (Wildman–Crippen LogP) is 4.48. The lowest BCUT2D eigenvalue weighted by molar-refractivity contribution is 0.0752. The number of anilines is 1. The molecule has 0 saturated carbocycles. The third-order valence-corrected chi connectivity index (χ3v) is 7.20. The van der Waals surface area contributed by atoms with Crippen molar-refractivity contribution < 1.29 is 13.2 Å². The minimum absolute atomic E-state index is 0.0525. The molecule has 2 heterocycles. The first-order valence-electron chi connectivity index (χ1n) is 10.2. The van der Waals surface area contributed by atoms with Crippen LogP contribution in [0.15, 0.2) is 51.8 Å². The van der Waals surface area contributed by atoms with Gasteiger partial charge in [0.1, 0.15) is 10.7 Å². The van der Waals surface area contributed by atoms with Crippen LogP contribution in [0.25, 0.3) is 0 Å². The Balaban J connectivity index is 1.73. The van der Waals surface area contributed by atoms with Crippen molar-refractivity contribution in [2.45, 2.75) is 44.0 Å². The first-order chi connectivity index (χ1) is 14.4. The summed E-state index contributed by atoms with van der Waals surface area (Å²) in [4.78, 5) is 16.9. The van der Waals surface area contributed by atoms with Crippen molar-refractivity contribution in [3.63, 3.8) is 0 Å². The second kappa shape index (κ2) is 8.40. The lowest BCUT2D eigenvalue weighted by atomic mass is 10.1. The Hall–Kier alpha value is -2.38. The van der Waals surface area contributed by atoms with Gasteiger partial charge in [0, 0.05) is 26.1 Å². The number of carbonyl (C=O) groups excluding carboxylic acids is 1. The van der Waals surface area contributed by atoms with Crippen molar-refractivity contribution in [3.8, 4) is 0 Å². The molecule has 2 aliphatic heterocycles. The molecule has 1 saturated heterocycles. The zero-order chi connectivity index (χ0) is 21.3. The SMILES string of the molecule is CCN(Cc1ccccc1)C(=O)c1cc2c(cc1Cl)N1CCCCCC1=NS2(=O)=O. The molecule has 2 aromatic carbocycles. The van der Waals surface area contributed by atoms with Crippen LogP contribution < -0.4 is 4.90 Å². The van der Waals surface area contributed by atoms with E-state index in [0.29, 0.717) is 37.6 Å². The molecule has 0 unspecified atom stereocenters. The Kier molecular flexibility index (Phi) is 5.84. The summed E-state index contributed by atoms with van der Waals surface area (Å²) in [7, 11) is -3.88. The summed E-state index contributed by atoms with van der Waals surface area (Å²) in [5.41, 5.74) is 1.70. The molecule has 1 fully saturated rings. The number of hydrogen-bond donors (Lipinski definition) is 0. The van der Waals surface area contributed by atoms with Crippen LogP contribution in [0.3, 0.4) is 0 Å². The lowest BCUT2D eigenvalue weighted by Crippen LogP contribution is -2.36. The van der Waals surface area contributed by atoms with Crippen LogP contribution in [-0.2, 0) is 16.6 Å². The lowest BCUT2D eigenvalue weighted by Gasteiger charge is -2.30. The maximum absolute atomic E-state index is 13.2. The van der Waals surface area contributed by atoms with E-state index >= 15 is 0 Å². The molecule has 2 aliphatic rings. The average molecular weight is 446 g/mol. The van der Waals surface area contributed by atoms with Crippen LogP contribution in [0.4, 0.5) is 5.69 Å². The number of fused-ring (bicyclic) bond motifs is 3. The molecule has 0 aliphatic carbocycles. The highest BCUT2D eigenvalue weighted by Gasteiger charge is 2.33. The van der Waals surface area contributed by atoms with E-state index in [-0.39, 0.29) is 21.4 Å². The van der Waals surface area contributed by atoms with Crippen LogP contribution in [-0.4, -0.2) is 38.2 Å². The topological polar surface area (TPSA) is 70.1 Å². The number of carbonyl (C=O) groups is 1. The standard InChI is InChI=1S/C22H24ClN3O3S/c1-2-25(15-16-9-5-3-6-10-16)22(27)17-13-20-19(14-18(17)23)26-12-8-4-7-11-21(26)24-30(20,28)29/h3,5-6,9-10,13-14H,2,4,7-8,11-12,15H2,1H3. The summed E-state index contributed by atoms with van der Waals surface area (Å²) in [6.45, 7) is 3.48. The van der Waals surface area contributed by atoms with E-state index in [9.17, 15) is 13.2 Å². The molecule has 4 rings (SSSR count). The maximum Gasteiger partial charge on any atom is 0.286 e. The molecule has 0 radical (unpaired) electrons. The van der Waals surface area contributed by atoms with Gasteiger partial charge in [0.15, 0.2) is 0 Å². The van der Waals surface area contributed by atoms with Gasteiger partial charge in [-0.05, 0) is 37.5 Å². The Bertz CT molecular complexity index is 1100. The maximum atomic E-state index is 13.2. The van der Waals surface area contributed by atoms with E-state index in [4.69, 9.17) is 11.6 Å². The monoisotopic (exact) mass is 445 g/mol. The van der Waals surface area contributed by atoms with Gasteiger partial charge >= 0.3 is 0 Å². The number of rotatable bonds is 4. The molecule has 0 bridgehead atoms. The molecule has 6 nitrogen and oxygen atoms in total. The molecule has 30 heavy (non-hydrogen) atoms. The minimum atomic E-state index is -3.88. The number of sulfonamides is 1. The van der Waals surface area contributed by atoms with Gasteiger partial charge in [-0.15, -0.1) is 4.40 Å². The van der Waals surface area contributed by atoms with Crippen molar-refractivity contribution in [2.24, 2.45) is 4.40 Å². The van der Waals surface area contributed by atoms with Gasteiger partial charge in [0.25, 0.3) is 15.9 Å². The Morgan fingerprint density at radius 1 is 1.17 bits per heavy atom. The summed E-state index contributed by atoms with van der Waals surface area (Å²) in [5, 5.41) is 0.256. The molecule has 0 spiro atoms. The van der Waals surface area contributed by atoms with Crippen molar-refractivity contribution >= 4 is 39.1 Å². The van der Waals surface area contributed by atoms with E-state index in [0.717, 1.165) is 24.8 Å². The smallest absolute Gasteiger partial charge is 0.286 e. The molecule has 8 heteroatoms. The normalized spacial score (nSPS) is 17.4. The van der Waals surface area contributed by atoms with Crippen LogP contribution in [0.2, 0.25) is 5.02 Å². The number of nitrogens with zero attached hydrogens (tertiary/aromatic N) is 3. The second-order valence-electron chi connectivity index (χ2n) is 7.55. The predicted molar refractivity (Wildman–Crippen MR) is 119 cm³/mol. The zero-order valence-corrected chi connectivity index (χ0v) is 18.4. The third-order valence-electron chi connectivity index (χ3n) is 5.55. The largest absolute Gasteiger partial charge is 0.335 e. The van der Waals surface area contributed by atoms with E-state index in [1.54, 1.807) is 11.0 Å². The van der Waals surface area contributed by atoms with Crippen molar-refractivity contribution in [2.75, 3.05) is 18.0 Å². The molecule has 1 amide bonds. The fourth-order valence-electron chi connectivity index (χ4n) is 3.96. The molecule has 2 aromatic rings. The minimum Gasteiger partial charge on any atom is -0.335 e. The number of hydrogen-bond acceptors (Lipinski definition) is 4. The van der Waals surface area contributed by atoms with Crippen LogP contribution in [0, 0.1) is 0 Å². The van der Waals surface area contributed by atoms with Gasteiger partial charge in [0.05, 0.1) is 16.3 Å². The van der Waals surface area contributed by atoms with Gasteiger partial charge in [0.2, 0.25) is 0 Å². The van der Waals surface area contributed by atoms with Crippen molar-refractivity contribution in [1.82, 2.24) is 4.90 Å². The molecule has 0 N–H and O–H groups in total. The Morgan fingerprint density at radius 3 is 2.67 bits per heavy atom. The molecule has 0 aromatic heterocycles. The summed E-state index contributed by atoms with van der Waals surface area (Å²) >= 11 is 6.52. The first kappa shape index (κ1) is 20.9. The quantitative estimate of drug-likeness (QED) is 0.695. The summed E-state index contributed by atoms with van der Waals surface area (Å²) in [6.07, 6.45) is 3.52. The second-order valence-corrected chi connectivity index (χ2v) is 9.53. The van der Waals surface area contributed by atoms with Gasteiger partial charge < -0.3 is 9.80 Å². The van der Waals surface area contributed by atoms with Gasteiger partial charge in [-0.1, -0.05) is 48.4 Å². The van der Waals surface area contributed by atoms with Gasteiger partial charge in [-0.3, -0.25) is 4.79 Å². The molecular formula is C22H24ClN3O3S. The number of amidine groups is 1.